The summed E-state index contributed by atoms with van der Waals surface area (Å²) in [5, 5.41) is 7.47. The van der Waals surface area contributed by atoms with E-state index in [2.05, 4.69) is 40.7 Å². The SMILES string of the molecule is COCc1ccc(C(=O)NCCc2ccc(-n3nc(C)cc3C)cc2)cc1. The molecular weight excluding hydrogens is 338 g/mol. The molecule has 0 fully saturated rings. The second-order valence-corrected chi connectivity index (χ2v) is 6.64. The first-order valence-electron chi connectivity index (χ1n) is 9.05. The molecule has 1 N–H and O–H groups in total. The molecule has 27 heavy (non-hydrogen) atoms. The summed E-state index contributed by atoms with van der Waals surface area (Å²) in [6, 6.07) is 17.8. The Morgan fingerprint density at radius 2 is 1.70 bits per heavy atom. The molecule has 0 unspecified atom stereocenters. The lowest BCUT2D eigenvalue weighted by atomic mass is 10.1. The molecule has 2 aromatic carbocycles. The molecule has 0 aliphatic rings. The molecule has 0 aliphatic carbocycles. The van der Waals surface area contributed by atoms with Crippen molar-refractivity contribution in [2.45, 2.75) is 26.9 Å². The molecule has 5 heteroatoms. The third kappa shape index (κ3) is 4.83. The molecule has 3 rings (SSSR count). The maximum atomic E-state index is 12.2. The van der Waals surface area contributed by atoms with Crippen LogP contribution in [0, 0.1) is 13.8 Å². The quantitative estimate of drug-likeness (QED) is 0.698. The van der Waals surface area contributed by atoms with Crippen LogP contribution >= 0.6 is 0 Å². The fourth-order valence-electron chi connectivity index (χ4n) is 3.04. The smallest absolute Gasteiger partial charge is 0.251 e. The van der Waals surface area contributed by atoms with Crippen molar-refractivity contribution in [3.8, 4) is 5.69 Å². The zero-order chi connectivity index (χ0) is 19.2. The van der Waals surface area contributed by atoms with Gasteiger partial charge in [-0.3, -0.25) is 4.79 Å². The van der Waals surface area contributed by atoms with Crippen LogP contribution in [0.4, 0.5) is 0 Å². The first-order chi connectivity index (χ1) is 13.1. The number of amides is 1. The second-order valence-electron chi connectivity index (χ2n) is 6.64. The highest BCUT2D eigenvalue weighted by Gasteiger charge is 2.06. The fourth-order valence-corrected chi connectivity index (χ4v) is 3.04. The van der Waals surface area contributed by atoms with Crippen LogP contribution in [-0.4, -0.2) is 29.3 Å². The molecule has 1 heterocycles. The van der Waals surface area contributed by atoms with Crippen molar-refractivity contribution in [2.75, 3.05) is 13.7 Å². The highest BCUT2D eigenvalue weighted by molar-refractivity contribution is 5.94. The lowest BCUT2D eigenvalue weighted by molar-refractivity contribution is 0.0954. The van der Waals surface area contributed by atoms with Crippen molar-refractivity contribution in [3.63, 3.8) is 0 Å². The Morgan fingerprint density at radius 1 is 1.04 bits per heavy atom. The van der Waals surface area contributed by atoms with Crippen LogP contribution in [0.15, 0.2) is 54.6 Å². The Labute approximate surface area is 160 Å². The molecule has 5 nitrogen and oxygen atoms in total. The normalized spacial score (nSPS) is 10.8. The third-order valence-electron chi connectivity index (χ3n) is 4.42. The summed E-state index contributed by atoms with van der Waals surface area (Å²) < 4.78 is 7.02. The van der Waals surface area contributed by atoms with Gasteiger partial charge in [0.2, 0.25) is 0 Å². The molecule has 0 aliphatic heterocycles. The Hall–Kier alpha value is -2.92. The predicted molar refractivity (Wildman–Crippen MR) is 106 cm³/mol. The van der Waals surface area contributed by atoms with Crippen LogP contribution in [-0.2, 0) is 17.8 Å². The first-order valence-corrected chi connectivity index (χ1v) is 9.05. The van der Waals surface area contributed by atoms with Crippen LogP contribution in [0.3, 0.4) is 0 Å². The average Bonchev–Trinajstić information content (AvgIpc) is 3.01. The Morgan fingerprint density at radius 3 is 2.30 bits per heavy atom. The van der Waals surface area contributed by atoms with E-state index in [1.165, 1.54) is 5.56 Å². The van der Waals surface area contributed by atoms with Gasteiger partial charge in [-0.25, -0.2) is 4.68 Å². The molecular formula is C22H25N3O2. The maximum Gasteiger partial charge on any atom is 0.251 e. The molecule has 0 bridgehead atoms. The van der Waals surface area contributed by atoms with Gasteiger partial charge in [-0.15, -0.1) is 0 Å². The summed E-state index contributed by atoms with van der Waals surface area (Å²) in [5.74, 6) is -0.0572. The highest BCUT2D eigenvalue weighted by atomic mass is 16.5. The molecule has 0 spiro atoms. The minimum atomic E-state index is -0.0572. The van der Waals surface area contributed by atoms with Crippen molar-refractivity contribution in [3.05, 3.63) is 82.7 Å². The molecule has 0 radical (unpaired) electrons. The summed E-state index contributed by atoms with van der Waals surface area (Å²) in [5.41, 5.74) is 6.06. The van der Waals surface area contributed by atoms with E-state index in [4.69, 9.17) is 4.74 Å². The van der Waals surface area contributed by atoms with Gasteiger partial charge in [-0.1, -0.05) is 24.3 Å². The van der Waals surface area contributed by atoms with Gasteiger partial charge in [0.05, 0.1) is 18.0 Å². The van der Waals surface area contributed by atoms with E-state index in [9.17, 15) is 4.79 Å². The maximum absolute atomic E-state index is 12.2. The lowest BCUT2D eigenvalue weighted by Crippen LogP contribution is -2.25. The first kappa shape index (κ1) is 18.9. The molecule has 3 aromatic rings. The summed E-state index contributed by atoms with van der Waals surface area (Å²) >= 11 is 0. The lowest BCUT2D eigenvalue weighted by Gasteiger charge is -2.08. The summed E-state index contributed by atoms with van der Waals surface area (Å²) in [7, 11) is 1.66. The van der Waals surface area contributed by atoms with Gasteiger partial charge in [0.25, 0.3) is 5.91 Å². The van der Waals surface area contributed by atoms with Crippen molar-refractivity contribution in [1.29, 1.82) is 0 Å². The van der Waals surface area contributed by atoms with E-state index in [-0.39, 0.29) is 5.91 Å². The van der Waals surface area contributed by atoms with Crippen molar-refractivity contribution < 1.29 is 9.53 Å². The molecule has 0 saturated carbocycles. The van der Waals surface area contributed by atoms with Gasteiger partial charge in [-0.2, -0.15) is 5.10 Å². The number of hydrogen-bond acceptors (Lipinski definition) is 3. The minimum absolute atomic E-state index is 0.0572. The van der Waals surface area contributed by atoms with Gasteiger partial charge in [0.1, 0.15) is 0 Å². The number of aryl methyl sites for hydroxylation is 2. The number of carbonyl (C=O) groups is 1. The Balaban J connectivity index is 1.52. The third-order valence-corrected chi connectivity index (χ3v) is 4.42. The number of ether oxygens (including phenoxy) is 1. The number of nitrogens with one attached hydrogen (secondary N) is 1. The van der Waals surface area contributed by atoms with Crippen LogP contribution in [0.2, 0.25) is 0 Å². The zero-order valence-electron chi connectivity index (χ0n) is 16.0. The fraction of sp³-hybridized carbons (Fsp3) is 0.273. The molecule has 0 atom stereocenters. The van der Waals surface area contributed by atoms with E-state index >= 15 is 0 Å². The van der Waals surface area contributed by atoms with E-state index in [1.54, 1.807) is 7.11 Å². The van der Waals surface area contributed by atoms with Crippen LogP contribution in [0.5, 0.6) is 0 Å². The molecule has 0 saturated heterocycles. The number of methoxy groups -OCH3 is 1. The number of carbonyl (C=O) groups excluding carboxylic acids is 1. The van der Waals surface area contributed by atoms with Crippen LogP contribution < -0.4 is 5.32 Å². The molecule has 140 valence electrons. The van der Waals surface area contributed by atoms with Crippen molar-refractivity contribution in [1.82, 2.24) is 15.1 Å². The average molecular weight is 363 g/mol. The van der Waals surface area contributed by atoms with E-state index < -0.39 is 0 Å². The van der Waals surface area contributed by atoms with Crippen LogP contribution in [0.1, 0.15) is 32.9 Å². The van der Waals surface area contributed by atoms with Crippen molar-refractivity contribution >= 4 is 5.91 Å². The second kappa shape index (κ2) is 8.64. The van der Waals surface area contributed by atoms with Gasteiger partial charge in [-0.05, 0) is 61.7 Å². The molecule has 1 amide bonds. The van der Waals surface area contributed by atoms with Gasteiger partial charge in [0, 0.05) is 24.9 Å². The summed E-state index contributed by atoms with van der Waals surface area (Å²) in [6.45, 7) is 5.18. The Bertz CT molecular complexity index is 896. The number of aromatic nitrogens is 2. The van der Waals surface area contributed by atoms with Gasteiger partial charge >= 0.3 is 0 Å². The van der Waals surface area contributed by atoms with E-state index in [0.29, 0.717) is 18.7 Å². The zero-order valence-corrected chi connectivity index (χ0v) is 16.0. The highest BCUT2D eigenvalue weighted by Crippen LogP contribution is 2.13. The topological polar surface area (TPSA) is 56.1 Å². The van der Waals surface area contributed by atoms with Gasteiger partial charge < -0.3 is 10.1 Å². The summed E-state index contributed by atoms with van der Waals surface area (Å²) in [4.78, 5) is 12.2. The summed E-state index contributed by atoms with van der Waals surface area (Å²) in [6.07, 6.45) is 0.783. The van der Waals surface area contributed by atoms with Gasteiger partial charge in [0.15, 0.2) is 0 Å². The number of nitrogens with zero attached hydrogens (tertiary/aromatic N) is 2. The number of hydrogen-bond donors (Lipinski definition) is 1. The minimum Gasteiger partial charge on any atom is -0.380 e. The van der Waals surface area contributed by atoms with E-state index in [1.807, 2.05) is 42.8 Å². The van der Waals surface area contributed by atoms with E-state index in [0.717, 1.165) is 29.1 Å². The van der Waals surface area contributed by atoms with Crippen LogP contribution in [0.25, 0.3) is 5.69 Å². The van der Waals surface area contributed by atoms with Crippen molar-refractivity contribution in [2.24, 2.45) is 0 Å². The largest absolute Gasteiger partial charge is 0.380 e. The predicted octanol–water partition coefficient (Wildman–Crippen LogP) is 3.61. The number of benzene rings is 2. The monoisotopic (exact) mass is 363 g/mol. The number of rotatable bonds is 7. The molecule has 1 aromatic heterocycles. The standard InChI is InChI=1S/C22H25N3O2/c1-16-14-17(2)25(24-16)21-10-6-18(7-11-21)12-13-23-22(26)20-8-4-19(5-9-20)15-27-3/h4-11,14H,12-13,15H2,1-3H3,(H,23,26). The Kier molecular flexibility index (Phi) is 6.04.